The summed E-state index contributed by atoms with van der Waals surface area (Å²) in [5.74, 6) is 0. The van der Waals surface area contributed by atoms with Gasteiger partial charge in [-0.05, 0) is 44.4 Å². The summed E-state index contributed by atoms with van der Waals surface area (Å²) in [5.41, 5.74) is 1.64. The summed E-state index contributed by atoms with van der Waals surface area (Å²) in [6, 6.07) is 0. The van der Waals surface area contributed by atoms with Crippen LogP contribution in [0.1, 0.15) is 52.9 Å². The van der Waals surface area contributed by atoms with E-state index in [0.717, 1.165) is 19.3 Å². The predicted molar refractivity (Wildman–Crippen MR) is 55.5 cm³/mol. The zero-order valence-corrected chi connectivity index (χ0v) is 9.07. The Morgan fingerprint density at radius 3 is 2.62 bits per heavy atom. The van der Waals surface area contributed by atoms with Crippen molar-refractivity contribution in [2.24, 2.45) is 5.41 Å². The first-order chi connectivity index (χ1) is 6.12. The van der Waals surface area contributed by atoms with Crippen molar-refractivity contribution < 1.29 is 4.39 Å². The molecule has 0 bridgehead atoms. The summed E-state index contributed by atoms with van der Waals surface area (Å²) in [6.07, 6.45) is 6.52. The van der Waals surface area contributed by atoms with Crippen LogP contribution in [0.3, 0.4) is 0 Å². The Bertz CT molecular complexity index is 195. The van der Waals surface area contributed by atoms with Gasteiger partial charge in [0, 0.05) is 0 Å². The van der Waals surface area contributed by atoms with E-state index in [-0.39, 0.29) is 5.41 Å². The Morgan fingerprint density at radius 2 is 2.23 bits per heavy atom. The fourth-order valence-corrected chi connectivity index (χ4v) is 2.28. The van der Waals surface area contributed by atoms with Gasteiger partial charge in [-0.3, -0.25) is 0 Å². The van der Waals surface area contributed by atoms with E-state index in [2.05, 4.69) is 19.9 Å². The second-order valence-electron chi connectivity index (χ2n) is 4.42. The van der Waals surface area contributed by atoms with Gasteiger partial charge < -0.3 is 0 Å². The maximum Gasteiger partial charge on any atom is 0.101 e. The summed E-state index contributed by atoms with van der Waals surface area (Å²) < 4.78 is 13.3. The minimum absolute atomic E-state index is 0.194. The molecule has 0 spiro atoms. The van der Waals surface area contributed by atoms with E-state index in [1.807, 2.05) is 6.92 Å². The molecule has 0 saturated heterocycles. The molecule has 76 valence electrons. The van der Waals surface area contributed by atoms with Crippen LogP contribution in [0.2, 0.25) is 0 Å². The van der Waals surface area contributed by atoms with Crippen molar-refractivity contribution in [3.05, 3.63) is 11.6 Å². The molecule has 0 fully saturated rings. The van der Waals surface area contributed by atoms with Crippen LogP contribution in [-0.2, 0) is 0 Å². The Labute approximate surface area is 81.2 Å². The molecule has 1 aliphatic rings. The molecule has 0 radical (unpaired) electrons. The molecule has 0 aliphatic heterocycles. The third kappa shape index (κ3) is 2.55. The molecule has 0 aromatic heterocycles. The number of hydrogen-bond acceptors (Lipinski definition) is 0. The van der Waals surface area contributed by atoms with Crippen molar-refractivity contribution in [1.29, 1.82) is 0 Å². The fourth-order valence-electron chi connectivity index (χ4n) is 2.28. The number of alkyl halides is 1. The maximum atomic E-state index is 13.3. The summed E-state index contributed by atoms with van der Waals surface area (Å²) >= 11 is 0. The first-order valence-electron chi connectivity index (χ1n) is 5.44. The SMILES string of the molecule is CC[C@@H](F)C[C@@]1(CC)C=C(C)CC1. The van der Waals surface area contributed by atoms with Crippen molar-refractivity contribution >= 4 is 0 Å². The van der Waals surface area contributed by atoms with Crippen molar-refractivity contribution in [1.82, 2.24) is 0 Å². The van der Waals surface area contributed by atoms with Crippen LogP contribution in [0.15, 0.2) is 11.6 Å². The normalized spacial score (nSPS) is 30.3. The highest BCUT2D eigenvalue weighted by Crippen LogP contribution is 2.43. The molecule has 2 atom stereocenters. The van der Waals surface area contributed by atoms with Gasteiger partial charge in [-0.25, -0.2) is 4.39 Å². The average Bonchev–Trinajstić information content (AvgIpc) is 2.48. The molecule has 0 unspecified atom stereocenters. The highest BCUT2D eigenvalue weighted by Gasteiger charge is 2.32. The highest BCUT2D eigenvalue weighted by atomic mass is 19.1. The van der Waals surface area contributed by atoms with Crippen LogP contribution in [0.5, 0.6) is 0 Å². The van der Waals surface area contributed by atoms with Gasteiger partial charge in [-0.1, -0.05) is 25.5 Å². The standard InChI is InChI=1S/C12H21F/c1-4-11(13)9-12(5-2)7-6-10(3)8-12/h8,11H,4-7,9H2,1-3H3/t11-,12-/m1/s1. The highest BCUT2D eigenvalue weighted by molar-refractivity contribution is 5.15. The van der Waals surface area contributed by atoms with E-state index < -0.39 is 6.17 Å². The molecule has 1 heteroatoms. The number of hydrogen-bond donors (Lipinski definition) is 0. The second kappa shape index (κ2) is 4.26. The van der Waals surface area contributed by atoms with Crippen molar-refractivity contribution in [2.75, 3.05) is 0 Å². The largest absolute Gasteiger partial charge is 0.247 e. The quantitative estimate of drug-likeness (QED) is 0.573. The molecule has 0 aromatic carbocycles. The number of rotatable bonds is 4. The number of halogens is 1. The van der Waals surface area contributed by atoms with Crippen LogP contribution in [-0.4, -0.2) is 6.17 Å². The molecule has 0 N–H and O–H groups in total. The lowest BCUT2D eigenvalue weighted by Crippen LogP contribution is -2.19. The van der Waals surface area contributed by atoms with Gasteiger partial charge in [0.25, 0.3) is 0 Å². The summed E-state index contributed by atoms with van der Waals surface area (Å²) in [5, 5.41) is 0. The van der Waals surface area contributed by atoms with Crippen molar-refractivity contribution in [3.8, 4) is 0 Å². The molecular weight excluding hydrogens is 163 g/mol. The van der Waals surface area contributed by atoms with E-state index >= 15 is 0 Å². The minimum Gasteiger partial charge on any atom is -0.247 e. The first kappa shape index (κ1) is 10.7. The molecule has 1 rings (SSSR count). The zero-order chi connectivity index (χ0) is 9.90. The summed E-state index contributed by atoms with van der Waals surface area (Å²) in [7, 11) is 0. The zero-order valence-electron chi connectivity index (χ0n) is 9.07. The Hall–Kier alpha value is -0.330. The van der Waals surface area contributed by atoms with E-state index in [1.165, 1.54) is 12.0 Å². The van der Waals surface area contributed by atoms with Crippen LogP contribution in [0, 0.1) is 5.41 Å². The molecular formula is C12H21F. The average molecular weight is 184 g/mol. The van der Waals surface area contributed by atoms with Crippen molar-refractivity contribution in [2.45, 2.75) is 59.0 Å². The molecule has 1 aliphatic carbocycles. The second-order valence-corrected chi connectivity index (χ2v) is 4.42. The molecule has 0 aromatic rings. The molecule has 13 heavy (non-hydrogen) atoms. The van der Waals surface area contributed by atoms with E-state index in [1.54, 1.807) is 0 Å². The smallest absolute Gasteiger partial charge is 0.101 e. The summed E-state index contributed by atoms with van der Waals surface area (Å²) in [4.78, 5) is 0. The molecule has 0 nitrogen and oxygen atoms in total. The third-order valence-electron chi connectivity index (χ3n) is 3.34. The molecule has 0 saturated carbocycles. The van der Waals surface area contributed by atoms with Gasteiger partial charge in [-0.15, -0.1) is 0 Å². The Balaban J connectivity index is 2.61. The topological polar surface area (TPSA) is 0 Å². The monoisotopic (exact) mass is 184 g/mol. The Morgan fingerprint density at radius 1 is 1.54 bits per heavy atom. The predicted octanol–water partition coefficient (Wildman–Crippen LogP) is 4.26. The van der Waals surface area contributed by atoms with E-state index in [9.17, 15) is 4.39 Å². The lowest BCUT2D eigenvalue weighted by atomic mass is 9.79. The summed E-state index contributed by atoms with van der Waals surface area (Å²) in [6.45, 7) is 6.27. The third-order valence-corrected chi connectivity index (χ3v) is 3.34. The van der Waals surface area contributed by atoms with E-state index in [0.29, 0.717) is 6.42 Å². The van der Waals surface area contributed by atoms with Gasteiger partial charge in [0.05, 0.1) is 0 Å². The minimum atomic E-state index is -0.609. The molecule has 0 heterocycles. The fraction of sp³-hybridized carbons (Fsp3) is 0.833. The lowest BCUT2D eigenvalue weighted by Gasteiger charge is -2.27. The van der Waals surface area contributed by atoms with Gasteiger partial charge in [0.1, 0.15) is 6.17 Å². The van der Waals surface area contributed by atoms with Crippen LogP contribution in [0.25, 0.3) is 0 Å². The molecule has 0 amide bonds. The van der Waals surface area contributed by atoms with Gasteiger partial charge in [0.2, 0.25) is 0 Å². The lowest BCUT2D eigenvalue weighted by molar-refractivity contribution is 0.205. The van der Waals surface area contributed by atoms with Crippen LogP contribution >= 0.6 is 0 Å². The number of allylic oxidation sites excluding steroid dienone is 2. The van der Waals surface area contributed by atoms with Crippen molar-refractivity contribution in [3.63, 3.8) is 0 Å². The van der Waals surface area contributed by atoms with E-state index in [4.69, 9.17) is 0 Å². The van der Waals surface area contributed by atoms with Gasteiger partial charge in [-0.2, -0.15) is 0 Å². The van der Waals surface area contributed by atoms with Crippen LogP contribution in [0.4, 0.5) is 4.39 Å². The van der Waals surface area contributed by atoms with Gasteiger partial charge >= 0.3 is 0 Å². The Kier molecular flexibility index (Phi) is 3.52. The van der Waals surface area contributed by atoms with Crippen LogP contribution < -0.4 is 0 Å². The van der Waals surface area contributed by atoms with Gasteiger partial charge in [0.15, 0.2) is 0 Å². The maximum absolute atomic E-state index is 13.3. The first-order valence-corrected chi connectivity index (χ1v) is 5.44.